The maximum Gasteiger partial charge on any atom is 0.336 e. The predicted octanol–water partition coefficient (Wildman–Crippen LogP) is 4.76. The summed E-state index contributed by atoms with van der Waals surface area (Å²) in [5, 5.41) is 14.1. The summed E-state index contributed by atoms with van der Waals surface area (Å²) in [6, 6.07) is 15.0. The smallest absolute Gasteiger partial charge is 0.336 e. The van der Waals surface area contributed by atoms with Crippen molar-refractivity contribution in [3.05, 3.63) is 83.5 Å². The minimum absolute atomic E-state index is 0.310. The van der Waals surface area contributed by atoms with E-state index in [2.05, 4.69) is 23.1 Å². The molecule has 1 N–H and O–H groups in total. The van der Waals surface area contributed by atoms with Gasteiger partial charge in [-0.2, -0.15) is 5.10 Å². The van der Waals surface area contributed by atoms with Gasteiger partial charge < -0.3 is 5.11 Å². The van der Waals surface area contributed by atoms with Crippen LogP contribution in [0.25, 0.3) is 11.1 Å². The average Bonchev–Trinajstić information content (AvgIpc) is 3.08. The van der Waals surface area contributed by atoms with Gasteiger partial charge in [-0.05, 0) is 36.1 Å². The van der Waals surface area contributed by atoms with Gasteiger partial charge in [-0.25, -0.2) is 14.5 Å². The lowest BCUT2D eigenvalue weighted by Gasteiger charge is -2.08. The van der Waals surface area contributed by atoms with Crippen LogP contribution in [0.15, 0.2) is 60.7 Å². The molecule has 0 spiro atoms. The van der Waals surface area contributed by atoms with E-state index in [1.54, 1.807) is 12.1 Å². The Morgan fingerprint density at radius 2 is 1.89 bits per heavy atom. The molecular formula is C23H25N3O2. The van der Waals surface area contributed by atoms with Gasteiger partial charge in [0.15, 0.2) is 5.82 Å². The molecule has 5 nitrogen and oxygen atoms in total. The number of carbonyl (C=O) groups is 1. The topological polar surface area (TPSA) is 68.0 Å². The molecule has 3 rings (SSSR count). The molecule has 1 heterocycles. The number of benzene rings is 2. The van der Waals surface area contributed by atoms with Crippen LogP contribution in [0.5, 0.6) is 0 Å². The normalized spacial score (nSPS) is 11.2. The zero-order chi connectivity index (χ0) is 19.9. The van der Waals surface area contributed by atoms with Crippen molar-refractivity contribution in [1.29, 1.82) is 0 Å². The molecule has 0 atom stereocenters. The lowest BCUT2D eigenvalue weighted by molar-refractivity contribution is 0.0697. The molecule has 28 heavy (non-hydrogen) atoms. The number of allylic oxidation sites excluding steroid dienone is 2. The highest BCUT2D eigenvalue weighted by molar-refractivity contribution is 5.95. The molecule has 0 fully saturated rings. The zero-order valence-corrected chi connectivity index (χ0v) is 16.3. The molecule has 5 heteroatoms. The quantitative estimate of drug-likeness (QED) is 0.576. The van der Waals surface area contributed by atoms with E-state index >= 15 is 0 Å². The van der Waals surface area contributed by atoms with Crippen molar-refractivity contribution in [2.24, 2.45) is 0 Å². The van der Waals surface area contributed by atoms with Crippen molar-refractivity contribution in [2.45, 2.75) is 39.7 Å². The molecular weight excluding hydrogens is 350 g/mol. The molecule has 0 saturated carbocycles. The summed E-state index contributed by atoms with van der Waals surface area (Å²) < 4.78 is 1.96. The van der Waals surface area contributed by atoms with E-state index in [1.165, 1.54) is 0 Å². The summed E-state index contributed by atoms with van der Waals surface area (Å²) in [4.78, 5) is 16.1. The van der Waals surface area contributed by atoms with Crippen molar-refractivity contribution in [3.8, 4) is 11.1 Å². The molecule has 3 aromatic rings. The first-order chi connectivity index (χ1) is 13.6. The van der Waals surface area contributed by atoms with Gasteiger partial charge in [-0.3, -0.25) is 0 Å². The van der Waals surface area contributed by atoms with E-state index in [4.69, 9.17) is 0 Å². The summed E-state index contributed by atoms with van der Waals surface area (Å²) in [5.74, 6) is 0.926. The van der Waals surface area contributed by atoms with Crippen molar-refractivity contribution in [3.63, 3.8) is 0 Å². The Kier molecular flexibility index (Phi) is 6.37. The fourth-order valence-corrected chi connectivity index (χ4v) is 3.14. The summed E-state index contributed by atoms with van der Waals surface area (Å²) in [6.45, 7) is 4.77. The van der Waals surface area contributed by atoms with E-state index in [1.807, 2.05) is 54.1 Å². The second-order valence-corrected chi connectivity index (χ2v) is 6.67. The Morgan fingerprint density at radius 3 is 2.57 bits per heavy atom. The van der Waals surface area contributed by atoms with E-state index in [0.717, 1.165) is 47.6 Å². The predicted molar refractivity (Wildman–Crippen MR) is 110 cm³/mol. The Bertz CT molecular complexity index is 972. The molecule has 0 aliphatic heterocycles. The molecule has 0 radical (unpaired) electrons. The van der Waals surface area contributed by atoms with Crippen LogP contribution in [-0.4, -0.2) is 25.8 Å². The third-order valence-corrected chi connectivity index (χ3v) is 4.56. The molecule has 0 bridgehead atoms. The van der Waals surface area contributed by atoms with Crippen LogP contribution < -0.4 is 0 Å². The molecule has 0 amide bonds. The number of nitrogens with zero attached hydrogens (tertiary/aromatic N) is 3. The minimum Gasteiger partial charge on any atom is -0.478 e. The maximum atomic E-state index is 11.5. The standard InChI is InChI=1S/C23H25N3O2/c1-3-5-11-22-24-21(8-4-2)25-26(22)16-17-12-14-18(15-13-17)19-9-6-7-10-20(19)23(27)28/h3,5-7,9-10,12-15H,4,8,11,16H2,1-2H3,(H,27,28). The Morgan fingerprint density at radius 1 is 1.14 bits per heavy atom. The van der Waals surface area contributed by atoms with E-state index in [9.17, 15) is 9.90 Å². The fraction of sp³-hybridized carbons (Fsp3) is 0.261. The number of carboxylic acid groups (broad SMARTS) is 1. The van der Waals surface area contributed by atoms with Crippen LogP contribution in [0.4, 0.5) is 0 Å². The van der Waals surface area contributed by atoms with E-state index < -0.39 is 5.97 Å². The van der Waals surface area contributed by atoms with Gasteiger partial charge >= 0.3 is 5.97 Å². The SMILES string of the molecule is CC=CCc1nc(CCC)nn1Cc1ccc(-c2ccccc2C(=O)O)cc1. The van der Waals surface area contributed by atoms with Gasteiger partial charge in [0.25, 0.3) is 0 Å². The van der Waals surface area contributed by atoms with Gasteiger partial charge in [-0.15, -0.1) is 0 Å². The number of aromatic carboxylic acids is 1. The molecule has 1 aromatic heterocycles. The van der Waals surface area contributed by atoms with Crippen molar-refractivity contribution in [1.82, 2.24) is 14.8 Å². The number of aryl methyl sites for hydroxylation is 1. The average molecular weight is 375 g/mol. The van der Waals surface area contributed by atoms with Gasteiger partial charge in [0.2, 0.25) is 0 Å². The monoisotopic (exact) mass is 375 g/mol. The summed E-state index contributed by atoms with van der Waals surface area (Å²) in [7, 11) is 0. The number of rotatable bonds is 8. The highest BCUT2D eigenvalue weighted by Crippen LogP contribution is 2.24. The van der Waals surface area contributed by atoms with E-state index in [-0.39, 0.29) is 0 Å². The van der Waals surface area contributed by atoms with Crippen LogP contribution >= 0.6 is 0 Å². The van der Waals surface area contributed by atoms with Crippen molar-refractivity contribution < 1.29 is 9.90 Å². The molecule has 144 valence electrons. The molecule has 0 saturated heterocycles. The molecule has 0 unspecified atom stereocenters. The zero-order valence-electron chi connectivity index (χ0n) is 16.3. The number of aromatic nitrogens is 3. The van der Waals surface area contributed by atoms with Gasteiger partial charge in [0.05, 0.1) is 12.1 Å². The van der Waals surface area contributed by atoms with Gasteiger partial charge in [0, 0.05) is 12.8 Å². The first kappa shape index (κ1) is 19.5. The molecule has 0 aliphatic carbocycles. The molecule has 2 aromatic carbocycles. The minimum atomic E-state index is -0.917. The van der Waals surface area contributed by atoms with Crippen LogP contribution in [-0.2, 0) is 19.4 Å². The summed E-state index contributed by atoms with van der Waals surface area (Å²) >= 11 is 0. The van der Waals surface area contributed by atoms with Crippen LogP contribution in [0, 0.1) is 0 Å². The van der Waals surface area contributed by atoms with Crippen molar-refractivity contribution in [2.75, 3.05) is 0 Å². The third kappa shape index (κ3) is 4.55. The van der Waals surface area contributed by atoms with Gasteiger partial charge in [-0.1, -0.05) is 61.5 Å². The number of hydrogen-bond acceptors (Lipinski definition) is 3. The maximum absolute atomic E-state index is 11.5. The lowest BCUT2D eigenvalue weighted by Crippen LogP contribution is -2.07. The summed E-state index contributed by atoms with van der Waals surface area (Å²) in [6.07, 6.45) is 6.76. The largest absolute Gasteiger partial charge is 0.478 e. The second-order valence-electron chi connectivity index (χ2n) is 6.67. The Hall–Kier alpha value is -3.21. The number of hydrogen-bond donors (Lipinski definition) is 1. The Balaban J connectivity index is 1.84. The van der Waals surface area contributed by atoms with Crippen LogP contribution in [0.3, 0.4) is 0 Å². The summed E-state index contributed by atoms with van der Waals surface area (Å²) in [5.41, 5.74) is 3.03. The fourth-order valence-electron chi connectivity index (χ4n) is 3.14. The van der Waals surface area contributed by atoms with Crippen LogP contribution in [0.2, 0.25) is 0 Å². The highest BCUT2D eigenvalue weighted by atomic mass is 16.4. The number of carboxylic acids is 1. The highest BCUT2D eigenvalue weighted by Gasteiger charge is 2.12. The van der Waals surface area contributed by atoms with Crippen molar-refractivity contribution >= 4 is 5.97 Å². The first-order valence-electron chi connectivity index (χ1n) is 9.57. The van der Waals surface area contributed by atoms with Gasteiger partial charge in [0.1, 0.15) is 5.82 Å². The second kappa shape index (κ2) is 9.13. The first-order valence-corrected chi connectivity index (χ1v) is 9.57. The lowest BCUT2D eigenvalue weighted by atomic mass is 9.99. The molecule has 0 aliphatic rings. The Labute approximate surface area is 165 Å². The van der Waals surface area contributed by atoms with E-state index in [0.29, 0.717) is 12.1 Å². The third-order valence-electron chi connectivity index (χ3n) is 4.56. The van der Waals surface area contributed by atoms with Crippen LogP contribution in [0.1, 0.15) is 47.8 Å².